The molecular formula is C15H30ClN3O. The number of amides is 1. The fraction of sp³-hybridized carbons (Fsp3) is 0.933. The van der Waals surface area contributed by atoms with E-state index in [1.807, 2.05) is 0 Å². The van der Waals surface area contributed by atoms with Crippen LogP contribution in [0.4, 0.5) is 0 Å². The Morgan fingerprint density at radius 3 is 2.80 bits per heavy atom. The van der Waals surface area contributed by atoms with Gasteiger partial charge in [-0.2, -0.15) is 0 Å². The van der Waals surface area contributed by atoms with Gasteiger partial charge in [-0.1, -0.05) is 13.8 Å². The van der Waals surface area contributed by atoms with Crippen molar-refractivity contribution in [1.82, 2.24) is 15.5 Å². The van der Waals surface area contributed by atoms with Crippen LogP contribution in [0.3, 0.4) is 0 Å². The van der Waals surface area contributed by atoms with Crippen LogP contribution in [0.2, 0.25) is 0 Å². The van der Waals surface area contributed by atoms with Gasteiger partial charge in [-0.05, 0) is 50.6 Å². The Labute approximate surface area is 129 Å². The van der Waals surface area contributed by atoms with Crippen LogP contribution in [0.1, 0.15) is 39.5 Å². The molecule has 5 heteroatoms. The molecule has 2 saturated heterocycles. The van der Waals surface area contributed by atoms with Crippen LogP contribution in [0.15, 0.2) is 0 Å². The molecule has 2 N–H and O–H groups in total. The Hall–Kier alpha value is -0.320. The number of nitrogens with one attached hydrogen (secondary N) is 2. The molecule has 0 aromatic carbocycles. The smallest absolute Gasteiger partial charge is 0.237 e. The Morgan fingerprint density at radius 1 is 1.35 bits per heavy atom. The lowest BCUT2D eigenvalue weighted by atomic mass is 9.97. The van der Waals surface area contributed by atoms with Gasteiger partial charge in [0.25, 0.3) is 0 Å². The maximum absolute atomic E-state index is 12.0. The molecule has 2 rings (SSSR count). The second-order valence-electron chi connectivity index (χ2n) is 6.56. The SMILES string of the molecule is CC(C)CN1CCCC(CNC(=O)C2CCCN2)C1.Cl. The fourth-order valence-corrected chi connectivity index (χ4v) is 3.28. The van der Waals surface area contributed by atoms with Crippen molar-refractivity contribution in [2.45, 2.75) is 45.6 Å². The lowest BCUT2D eigenvalue weighted by Crippen LogP contribution is -2.46. The summed E-state index contributed by atoms with van der Waals surface area (Å²) in [4.78, 5) is 14.5. The van der Waals surface area contributed by atoms with E-state index >= 15 is 0 Å². The molecule has 0 aliphatic carbocycles. The van der Waals surface area contributed by atoms with Crippen molar-refractivity contribution in [3.63, 3.8) is 0 Å². The highest BCUT2D eigenvalue weighted by Gasteiger charge is 2.24. The van der Waals surface area contributed by atoms with E-state index in [9.17, 15) is 4.79 Å². The standard InChI is InChI=1S/C15H29N3O.ClH/c1-12(2)10-18-8-4-5-13(11-18)9-17-15(19)14-6-3-7-16-14;/h12-14,16H,3-11H2,1-2H3,(H,17,19);1H. The Kier molecular flexibility index (Phi) is 7.85. The summed E-state index contributed by atoms with van der Waals surface area (Å²) >= 11 is 0. The molecule has 0 radical (unpaired) electrons. The van der Waals surface area contributed by atoms with Gasteiger partial charge in [-0.15, -0.1) is 12.4 Å². The van der Waals surface area contributed by atoms with Crippen LogP contribution in [-0.2, 0) is 4.79 Å². The third-order valence-electron chi connectivity index (χ3n) is 4.17. The average Bonchev–Trinajstić information content (AvgIpc) is 2.89. The predicted octanol–water partition coefficient (Wildman–Crippen LogP) is 1.64. The first-order valence-electron chi connectivity index (χ1n) is 7.88. The van der Waals surface area contributed by atoms with Crippen LogP contribution >= 0.6 is 12.4 Å². The molecule has 2 heterocycles. The number of halogens is 1. The van der Waals surface area contributed by atoms with E-state index in [0.717, 1.165) is 38.4 Å². The number of carbonyl (C=O) groups excluding carboxylic acids is 1. The molecule has 4 nitrogen and oxygen atoms in total. The first-order chi connectivity index (χ1) is 9.15. The molecule has 0 aromatic rings. The minimum Gasteiger partial charge on any atom is -0.354 e. The molecule has 2 aliphatic rings. The zero-order valence-corrected chi connectivity index (χ0v) is 13.7. The highest BCUT2D eigenvalue weighted by atomic mass is 35.5. The van der Waals surface area contributed by atoms with Crippen molar-refractivity contribution in [1.29, 1.82) is 0 Å². The zero-order valence-electron chi connectivity index (χ0n) is 12.9. The molecule has 118 valence electrons. The average molecular weight is 304 g/mol. The van der Waals surface area contributed by atoms with Crippen LogP contribution < -0.4 is 10.6 Å². The Bertz CT molecular complexity index is 293. The van der Waals surface area contributed by atoms with E-state index in [0.29, 0.717) is 5.92 Å². The summed E-state index contributed by atoms with van der Waals surface area (Å²) in [6.07, 6.45) is 4.65. The monoisotopic (exact) mass is 303 g/mol. The van der Waals surface area contributed by atoms with E-state index < -0.39 is 0 Å². The first kappa shape index (κ1) is 17.7. The van der Waals surface area contributed by atoms with Crippen molar-refractivity contribution in [2.75, 3.05) is 32.7 Å². The normalized spacial score (nSPS) is 27.4. The quantitative estimate of drug-likeness (QED) is 0.812. The Balaban J connectivity index is 0.00000200. The number of rotatable bonds is 5. The van der Waals surface area contributed by atoms with E-state index in [1.165, 1.54) is 25.9 Å². The number of piperidine rings is 1. The van der Waals surface area contributed by atoms with E-state index in [2.05, 4.69) is 29.4 Å². The maximum Gasteiger partial charge on any atom is 0.237 e. The van der Waals surface area contributed by atoms with Gasteiger partial charge < -0.3 is 15.5 Å². The Morgan fingerprint density at radius 2 is 2.15 bits per heavy atom. The van der Waals surface area contributed by atoms with Gasteiger partial charge in [0.1, 0.15) is 0 Å². The molecule has 2 fully saturated rings. The number of likely N-dealkylation sites (tertiary alicyclic amines) is 1. The number of nitrogens with zero attached hydrogens (tertiary/aromatic N) is 1. The topological polar surface area (TPSA) is 44.4 Å². The van der Waals surface area contributed by atoms with Gasteiger partial charge >= 0.3 is 0 Å². The van der Waals surface area contributed by atoms with Gasteiger partial charge in [-0.25, -0.2) is 0 Å². The third-order valence-corrected chi connectivity index (χ3v) is 4.17. The van der Waals surface area contributed by atoms with E-state index in [1.54, 1.807) is 0 Å². The van der Waals surface area contributed by atoms with Gasteiger partial charge in [0.2, 0.25) is 5.91 Å². The van der Waals surface area contributed by atoms with E-state index in [4.69, 9.17) is 0 Å². The molecule has 0 spiro atoms. The minimum absolute atomic E-state index is 0. The van der Waals surface area contributed by atoms with Gasteiger partial charge in [0.05, 0.1) is 6.04 Å². The molecule has 20 heavy (non-hydrogen) atoms. The predicted molar refractivity (Wildman–Crippen MR) is 85.3 cm³/mol. The number of carbonyl (C=O) groups is 1. The van der Waals surface area contributed by atoms with Crippen molar-refractivity contribution in [3.05, 3.63) is 0 Å². The summed E-state index contributed by atoms with van der Waals surface area (Å²) in [6.45, 7) is 9.96. The van der Waals surface area contributed by atoms with Crippen LogP contribution in [0, 0.1) is 11.8 Å². The summed E-state index contributed by atoms with van der Waals surface area (Å²) < 4.78 is 0. The molecule has 2 atom stereocenters. The van der Waals surface area contributed by atoms with Crippen LogP contribution in [-0.4, -0.2) is 49.6 Å². The highest BCUT2D eigenvalue weighted by Crippen LogP contribution is 2.17. The third kappa shape index (κ3) is 5.58. The summed E-state index contributed by atoms with van der Waals surface area (Å²) in [6, 6.07) is 0.0651. The molecule has 0 saturated carbocycles. The summed E-state index contributed by atoms with van der Waals surface area (Å²) in [5.41, 5.74) is 0. The largest absolute Gasteiger partial charge is 0.354 e. The number of hydrogen-bond donors (Lipinski definition) is 2. The minimum atomic E-state index is 0. The van der Waals surface area contributed by atoms with E-state index in [-0.39, 0.29) is 24.4 Å². The van der Waals surface area contributed by atoms with Gasteiger partial charge in [-0.3, -0.25) is 4.79 Å². The zero-order chi connectivity index (χ0) is 13.7. The molecule has 1 amide bonds. The van der Waals surface area contributed by atoms with Crippen molar-refractivity contribution < 1.29 is 4.79 Å². The second kappa shape index (κ2) is 8.85. The summed E-state index contributed by atoms with van der Waals surface area (Å²) in [5, 5.41) is 6.40. The molecular weight excluding hydrogens is 274 g/mol. The summed E-state index contributed by atoms with van der Waals surface area (Å²) in [5.74, 6) is 1.58. The molecule has 2 aliphatic heterocycles. The summed E-state index contributed by atoms with van der Waals surface area (Å²) in [7, 11) is 0. The first-order valence-corrected chi connectivity index (χ1v) is 7.88. The highest BCUT2D eigenvalue weighted by molar-refractivity contribution is 5.85. The lowest BCUT2D eigenvalue weighted by molar-refractivity contribution is -0.123. The fourth-order valence-electron chi connectivity index (χ4n) is 3.28. The van der Waals surface area contributed by atoms with Crippen molar-refractivity contribution in [3.8, 4) is 0 Å². The van der Waals surface area contributed by atoms with Crippen LogP contribution in [0.25, 0.3) is 0 Å². The van der Waals surface area contributed by atoms with Crippen molar-refractivity contribution >= 4 is 18.3 Å². The molecule has 2 unspecified atom stereocenters. The lowest BCUT2D eigenvalue weighted by Gasteiger charge is -2.34. The second-order valence-corrected chi connectivity index (χ2v) is 6.56. The van der Waals surface area contributed by atoms with Gasteiger partial charge in [0, 0.05) is 19.6 Å². The van der Waals surface area contributed by atoms with Gasteiger partial charge in [0.15, 0.2) is 0 Å². The molecule has 0 aromatic heterocycles. The van der Waals surface area contributed by atoms with Crippen LogP contribution in [0.5, 0.6) is 0 Å². The maximum atomic E-state index is 12.0. The number of hydrogen-bond acceptors (Lipinski definition) is 3. The molecule has 0 bridgehead atoms. The van der Waals surface area contributed by atoms with Crippen molar-refractivity contribution in [2.24, 2.45) is 11.8 Å².